The lowest BCUT2D eigenvalue weighted by Crippen LogP contribution is -2.29. The molecule has 2 unspecified atom stereocenters. The summed E-state index contributed by atoms with van der Waals surface area (Å²) in [7, 11) is 0. The van der Waals surface area contributed by atoms with Crippen LogP contribution in [0.5, 0.6) is 0 Å². The van der Waals surface area contributed by atoms with Gasteiger partial charge in [0.15, 0.2) is 0 Å². The Hall–Kier alpha value is -0.770. The van der Waals surface area contributed by atoms with Gasteiger partial charge in [-0.3, -0.25) is 0 Å². The summed E-state index contributed by atoms with van der Waals surface area (Å²) in [5, 5.41) is 9.15. The van der Waals surface area contributed by atoms with E-state index in [1.165, 1.54) is 25.7 Å². The second kappa shape index (κ2) is 3.67. The van der Waals surface area contributed by atoms with Crippen LogP contribution in [0.15, 0.2) is 11.1 Å². The van der Waals surface area contributed by atoms with E-state index < -0.39 is 0 Å². The first kappa shape index (κ1) is 10.7. The second-order valence-electron chi connectivity index (χ2n) is 5.94. The zero-order valence-corrected chi connectivity index (χ0v) is 10.1. The number of allylic oxidation sites excluding steroid dienone is 2. The van der Waals surface area contributed by atoms with Gasteiger partial charge in [0.05, 0.1) is 12.0 Å². The van der Waals surface area contributed by atoms with Crippen LogP contribution in [0.1, 0.15) is 52.9 Å². The van der Waals surface area contributed by atoms with Gasteiger partial charge in [-0.15, -0.1) is 0 Å². The first-order valence-corrected chi connectivity index (χ1v) is 6.15. The van der Waals surface area contributed by atoms with Crippen LogP contribution in [0.2, 0.25) is 0 Å². The summed E-state index contributed by atoms with van der Waals surface area (Å²) in [4.78, 5) is 0. The fourth-order valence-corrected chi connectivity index (χ4v) is 3.29. The van der Waals surface area contributed by atoms with Crippen LogP contribution in [0.4, 0.5) is 0 Å². The SMILES string of the molecule is CC1CC2=C(CC1C#N)C(C)(C)CCC2. The number of rotatable bonds is 0. The molecule has 0 aromatic rings. The van der Waals surface area contributed by atoms with Crippen molar-refractivity contribution in [2.75, 3.05) is 0 Å². The molecule has 2 aliphatic rings. The maximum Gasteiger partial charge on any atom is 0.0662 e. The minimum atomic E-state index is 0.265. The molecule has 0 saturated carbocycles. The molecule has 0 saturated heterocycles. The standard InChI is InChI=1S/C14H21N/c1-10-7-11-5-4-6-14(2,3)13(11)8-12(10)9-15/h10,12H,4-8H2,1-3H3. The van der Waals surface area contributed by atoms with Gasteiger partial charge >= 0.3 is 0 Å². The molecule has 0 spiro atoms. The molecule has 2 aliphatic carbocycles. The molecular weight excluding hydrogens is 182 g/mol. The van der Waals surface area contributed by atoms with Gasteiger partial charge in [0.25, 0.3) is 0 Å². The largest absolute Gasteiger partial charge is 0.198 e. The van der Waals surface area contributed by atoms with E-state index >= 15 is 0 Å². The summed E-state index contributed by atoms with van der Waals surface area (Å²) in [6, 6.07) is 2.49. The molecule has 0 aliphatic heterocycles. The van der Waals surface area contributed by atoms with Gasteiger partial charge < -0.3 is 0 Å². The summed E-state index contributed by atoms with van der Waals surface area (Å²) >= 11 is 0. The first-order chi connectivity index (χ1) is 7.04. The number of hydrogen-bond donors (Lipinski definition) is 0. The maximum atomic E-state index is 9.15. The van der Waals surface area contributed by atoms with Gasteiger partial charge in [-0.25, -0.2) is 0 Å². The Morgan fingerprint density at radius 3 is 2.73 bits per heavy atom. The quantitative estimate of drug-likeness (QED) is 0.545. The van der Waals surface area contributed by atoms with Gasteiger partial charge in [0.1, 0.15) is 0 Å². The summed E-state index contributed by atoms with van der Waals surface area (Å²) in [5.41, 5.74) is 3.67. The first-order valence-electron chi connectivity index (χ1n) is 6.15. The molecule has 0 fully saturated rings. The van der Waals surface area contributed by atoms with Crippen molar-refractivity contribution in [3.05, 3.63) is 11.1 Å². The highest BCUT2D eigenvalue weighted by atomic mass is 14.4. The molecular formula is C14H21N. The van der Waals surface area contributed by atoms with Crippen LogP contribution in [-0.2, 0) is 0 Å². The molecule has 82 valence electrons. The van der Waals surface area contributed by atoms with Gasteiger partial charge in [0, 0.05) is 0 Å². The van der Waals surface area contributed by atoms with Gasteiger partial charge in [-0.1, -0.05) is 31.9 Å². The Labute approximate surface area is 93.2 Å². The van der Waals surface area contributed by atoms with Crippen molar-refractivity contribution in [1.82, 2.24) is 0 Å². The van der Waals surface area contributed by atoms with E-state index in [-0.39, 0.29) is 5.92 Å². The third-order valence-corrected chi connectivity index (χ3v) is 4.37. The predicted octanol–water partition coefficient (Wildman–Crippen LogP) is 4.06. The van der Waals surface area contributed by atoms with Crippen LogP contribution < -0.4 is 0 Å². The highest BCUT2D eigenvalue weighted by Gasteiger charge is 2.36. The van der Waals surface area contributed by atoms with Crippen molar-refractivity contribution in [3.8, 4) is 6.07 Å². The Bertz CT molecular complexity index is 330. The summed E-state index contributed by atoms with van der Waals surface area (Å²) in [6.07, 6.45) is 6.16. The lowest BCUT2D eigenvalue weighted by Gasteiger charge is -2.41. The van der Waals surface area contributed by atoms with E-state index in [4.69, 9.17) is 5.26 Å². The van der Waals surface area contributed by atoms with Crippen molar-refractivity contribution >= 4 is 0 Å². The third-order valence-electron chi connectivity index (χ3n) is 4.37. The van der Waals surface area contributed by atoms with Gasteiger partial charge in [-0.2, -0.15) is 5.26 Å². The van der Waals surface area contributed by atoms with Crippen LogP contribution in [0.25, 0.3) is 0 Å². The van der Waals surface area contributed by atoms with E-state index in [1.807, 2.05) is 0 Å². The Kier molecular flexibility index (Phi) is 2.63. The molecule has 15 heavy (non-hydrogen) atoms. The van der Waals surface area contributed by atoms with Crippen molar-refractivity contribution in [2.24, 2.45) is 17.3 Å². The molecule has 0 aromatic heterocycles. The lowest BCUT2D eigenvalue weighted by molar-refractivity contribution is 0.289. The fourth-order valence-electron chi connectivity index (χ4n) is 3.29. The van der Waals surface area contributed by atoms with E-state index in [2.05, 4.69) is 26.8 Å². The lowest BCUT2D eigenvalue weighted by atomic mass is 9.63. The van der Waals surface area contributed by atoms with Crippen molar-refractivity contribution in [3.63, 3.8) is 0 Å². The minimum Gasteiger partial charge on any atom is -0.198 e. The highest BCUT2D eigenvalue weighted by molar-refractivity contribution is 5.28. The predicted molar refractivity (Wildman–Crippen MR) is 62.2 cm³/mol. The van der Waals surface area contributed by atoms with Crippen LogP contribution in [0.3, 0.4) is 0 Å². The van der Waals surface area contributed by atoms with Gasteiger partial charge in [0.2, 0.25) is 0 Å². The summed E-state index contributed by atoms with van der Waals surface area (Å²) < 4.78 is 0. The van der Waals surface area contributed by atoms with E-state index in [9.17, 15) is 0 Å². The number of nitriles is 1. The Morgan fingerprint density at radius 1 is 1.33 bits per heavy atom. The highest BCUT2D eigenvalue weighted by Crippen LogP contribution is 2.49. The fraction of sp³-hybridized carbons (Fsp3) is 0.786. The molecule has 0 amide bonds. The smallest absolute Gasteiger partial charge is 0.0662 e. The molecule has 1 heteroatoms. The van der Waals surface area contributed by atoms with Crippen LogP contribution in [-0.4, -0.2) is 0 Å². The minimum absolute atomic E-state index is 0.265. The normalized spacial score (nSPS) is 34.5. The van der Waals surface area contributed by atoms with Crippen LogP contribution >= 0.6 is 0 Å². The maximum absolute atomic E-state index is 9.15. The van der Waals surface area contributed by atoms with Crippen molar-refractivity contribution in [1.29, 1.82) is 5.26 Å². The van der Waals surface area contributed by atoms with E-state index in [1.54, 1.807) is 11.1 Å². The van der Waals surface area contributed by atoms with Crippen molar-refractivity contribution in [2.45, 2.75) is 52.9 Å². The Balaban J connectivity index is 2.32. The average Bonchev–Trinajstić information content (AvgIpc) is 2.16. The average molecular weight is 203 g/mol. The third kappa shape index (κ3) is 1.83. The van der Waals surface area contributed by atoms with Crippen LogP contribution in [0, 0.1) is 28.6 Å². The zero-order valence-electron chi connectivity index (χ0n) is 10.1. The van der Waals surface area contributed by atoms with E-state index in [0.29, 0.717) is 11.3 Å². The topological polar surface area (TPSA) is 23.8 Å². The molecule has 0 aromatic carbocycles. The molecule has 0 N–H and O–H groups in total. The molecule has 2 atom stereocenters. The summed E-state index contributed by atoms with van der Waals surface area (Å²) in [5.74, 6) is 0.837. The summed E-state index contributed by atoms with van der Waals surface area (Å²) in [6.45, 7) is 6.94. The Morgan fingerprint density at radius 2 is 2.07 bits per heavy atom. The molecule has 1 nitrogen and oxygen atoms in total. The molecule has 0 heterocycles. The van der Waals surface area contributed by atoms with Crippen molar-refractivity contribution < 1.29 is 0 Å². The zero-order chi connectivity index (χ0) is 11.1. The number of nitrogens with zero attached hydrogens (tertiary/aromatic N) is 1. The molecule has 0 bridgehead atoms. The number of hydrogen-bond acceptors (Lipinski definition) is 1. The molecule has 0 radical (unpaired) electrons. The van der Waals surface area contributed by atoms with E-state index in [0.717, 1.165) is 6.42 Å². The van der Waals surface area contributed by atoms with Gasteiger partial charge in [-0.05, 0) is 43.4 Å². The molecule has 2 rings (SSSR count). The monoisotopic (exact) mass is 203 g/mol. The second-order valence-corrected chi connectivity index (χ2v) is 5.94.